The molecule has 0 saturated carbocycles. The van der Waals surface area contributed by atoms with Crippen LogP contribution in [0.1, 0.15) is 12.6 Å². The topological polar surface area (TPSA) is 73.6 Å². The zero-order valence-corrected chi connectivity index (χ0v) is 13.2. The molecule has 6 nitrogen and oxygen atoms in total. The Morgan fingerprint density at radius 2 is 2.12 bits per heavy atom. The first-order valence-corrected chi connectivity index (χ1v) is 7.20. The Morgan fingerprint density at radius 1 is 1.40 bits per heavy atom. The van der Waals surface area contributed by atoms with Gasteiger partial charge in [0.1, 0.15) is 18.9 Å². The van der Waals surface area contributed by atoms with Crippen molar-refractivity contribution in [3.8, 4) is 5.75 Å². The standard InChI is InChI=1S/C16H17F3N2O4/c1-24-15(23)13(22)8-11-4-2-3-5-14(11)25-9-12-6-7-20-21(12)10-16(17,18)19/h2-7,13,22H,8-10H2,1H3/t13-/m0/s1/i8D/t8-,13+/m1. The van der Waals surface area contributed by atoms with Gasteiger partial charge in [0.15, 0.2) is 6.10 Å². The first kappa shape index (κ1) is 17.3. The van der Waals surface area contributed by atoms with E-state index in [1.54, 1.807) is 12.1 Å². The Hall–Kier alpha value is -2.55. The smallest absolute Gasteiger partial charge is 0.408 e. The predicted octanol–water partition coefficient (Wildman–Crippen LogP) is 2.10. The van der Waals surface area contributed by atoms with E-state index in [9.17, 15) is 23.1 Å². The van der Waals surface area contributed by atoms with Crippen molar-refractivity contribution in [2.45, 2.75) is 31.8 Å². The normalized spacial score (nSPS) is 14.5. The lowest BCUT2D eigenvalue weighted by atomic mass is 10.1. The Balaban J connectivity index is 2.15. The van der Waals surface area contributed by atoms with E-state index in [4.69, 9.17) is 6.11 Å². The van der Waals surface area contributed by atoms with E-state index in [1.807, 2.05) is 0 Å². The van der Waals surface area contributed by atoms with Gasteiger partial charge in [0.2, 0.25) is 0 Å². The minimum Gasteiger partial charge on any atom is -0.487 e. The van der Waals surface area contributed by atoms with Crippen molar-refractivity contribution in [2.75, 3.05) is 7.11 Å². The quantitative estimate of drug-likeness (QED) is 0.767. The van der Waals surface area contributed by atoms with Gasteiger partial charge < -0.3 is 14.6 Å². The Labute approximate surface area is 143 Å². The largest absolute Gasteiger partial charge is 0.487 e. The first-order chi connectivity index (χ1) is 12.2. The SMILES string of the molecule is [2H][C@H](c1ccccc1OCc1ccnn1CC(F)(F)F)[C@H](O)C(=O)OC. The number of alkyl halides is 3. The first-order valence-electron chi connectivity index (χ1n) is 7.78. The molecule has 0 bridgehead atoms. The molecule has 2 aromatic rings. The second-order valence-corrected chi connectivity index (χ2v) is 5.06. The van der Waals surface area contributed by atoms with Crippen LogP contribution in [0.3, 0.4) is 0 Å². The molecule has 1 aromatic carbocycles. The number of nitrogens with zero attached hydrogens (tertiary/aromatic N) is 2. The third kappa shape index (κ3) is 5.49. The van der Waals surface area contributed by atoms with Crippen LogP contribution in [-0.2, 0) is 29.1 Å². The minimum absolute atomic E-state index is 0.162. The van der Waals surface area contributed by atoms with Crippen LogP contribution < -0.4 is 4.74 Å². The number of methoxy groups -OCH3 is 1. The molecule has 1 N–H and O–H groups in total. The number of esters is 1. The summed E-state index contributed by atoms with van der Waals surface area (Å²) >= 11 is 0. The maximum Gasteiger partial charge on any atom is 0.408 e. The molecule has 0 radical (unpaired) electrons. The number of rotatable bonds is 7. The average molecular weight is 359 g/mol. The molecule has 1 heterocycles. The van der Waals surface area contributed by atoms with E-state index < -0.39 is 31.2 Å². The summed E-state index contributed by atoms with van der Waals surface area (Å²) in [6.07, 6.45) is -6.29. The third-order valence-corrected chi connectivity index (χ3v) is 3.21. The van der Waals surface area contributed by atoms with Crippen molar-refractivity contribution in [1.82, 2.24) is 9.78 Å². The Morgan fingerprint density at radius 3 is 2.80 bits per heavy atom. The number of ether oxygens (including phenoxy) is 2. The zero-order valence-electron chi connectivity index (χ0n) is 14.2. The summed E-state index contributed by atoms with van der Waals surface area (Å²) in [7, 11) is 1.09. The van der Waals surface area contributed by atoms with Crippen molar-refractivity contribution < 1.29 is 33.9 Å². The van der Waals surface area contributed by atoms with Crippen molar-refractivity contribution in [3.63, 3.8) is 0 Å². The summed E-state index contributed by atoms with van der Waals surface area (Å²) in [4.78, 5) is 11.4. The second-order valence-electron chi connectivity index (χ2n) is 5.06. The summed E-state index contributed by atoms with van der Waals surface area (Å²) < 4.78 is 56.3. The molecule has 1 aromatic heterocycles. The molecule has 2 rings (SSSR count). The number of halogens is 3. The van der Waals surface area contributed by atoms with E-state index in [0.29, 0.717) is 0 Å². The number of para-hydroxylation sites is 1. The molecular weight excluding hydrogens is 341 g/mol. The summed E-state index contributed by atoms with van der Waals surface area (Å²) in [6.45, 7) is -1.48. The molecule has 136 valence electrons. The number of hydrogen-bond acceptors (Lipinski definition) is 5. The van der Waals surface area contributed by atoms with E-state index in [2.05, 4.69) is 9.84 Å². The highest BCUT2D eigenvalue weighted by atomic mass is 19.4. The van der Waals surface area contributed by atoms with Crippen LogP contribution in [0.4, 0.5) is 13.2 Å². The van der Waals surface area contributed by atoms with Gasteiger partial charge in [0.05, 0.1) is 12.8 Å². The Bertz CT molecular complexity index is 751. The number of aliphatic hydroxyl groups excluding tert-OH is 1. The van der Waals surface area contributed by atoms with Crippen molar-refractivity contribution in [1.29, 1.82) is 0 Å². The fraction of sp³-hybridized carbons (Fsp3) is 0.375. The maximum absolute atomic E-state index is 12.5. The molecule has 0 aliphatic heterocycles. The van der Waals surface area contributed by atoms with Crippen LogP contribution in [0.5, 0.6) is 5.75 Å². The number of carbonyl (C=O) groups is 1. The van der Waals surface area contributed by atoms with Crippen LogP contribution in [0.25, 0.3) is 0 Å². The number of aliphatic hydroxyl groups is 1. The second kappa shape index (κ2) is 8.02. The molecule has 0 amide bonds. The third-order valence-electron chi connectivity index (χ3n) is 3.21. The molecular formula is C16H17F3N2O4. The van der Waals surface area contributed by atoms with E-state index in [0.717, 1.165) is 11.8 Å². The van der Waals surface area contributed by atoms with E-state index in [-0.39, 0.29) is 23.6 Å². The molecule has 25 heavy (non-hydrogen) atoms. The highest BCUT2D eigenvalue weighted by molar-refractivity contribution is 5.74. The van der Waals surface area contributed by atoms with Gasteiger partial charge in [-0.3, -0.25) is 4.68 Å². The summed E-state index contributed by atoms with van der Waals surface area (Å²) in [5.74, 6) is -0.807. The predicted molar refractivity (Wildman–Crippen MR) is 80.8 cm³/mol. The van der Waals surface area contributed by atoms with Crippen LogP contribution >= 0.6 is 0 Å². The van der Waals surface area contributed by atoms with Crippen LogP contribution in [0.15, 0.2) is 36.5 Å². The van der Waals surface area contributed by atoms with Crippen molar-refractivity contribution >= 4 is 5.97 Å². The van der Waals surface area contributed by atoms with Gasteiger partial charge in [0.25, 0.3) is 0 Å². The lowest BCUT2D eigenvalue weighted by molar-refractivity contribution is -0.150. The number of hydrogen-bond donors (Lipinski definition) is 1. The van der Waals surface area contributed by atoms with Gasteiger partial charge in [-0.1, -0.05) is 18.2 Å². The summed E-state index contributed by atoms with van der Waals surface area (Å²) in [5.41, 5.74) is 0.388. The van der Waals surface area contributed by atoms with Crippen LogP contribution in [0.2, 0.25) is 0 Å². The summed E-state index contributed by atoms with van der Waals surface area (Å²) in [6, 6.07) is 7.54. The van der Waals surface area contributed by atoms with E-state index >= 15 is 0 Å². The number of benzene rings is 1. The van der Waals surface area contributed by atoms with Gasteiger partial charge in [-0.15, -0.1) is 0 Å². The molecule has 9 heteroatoms. The minimum atomic E-state index is -4.42. The van der Waals surface area contributed by atoms with Gasteiger partial charge in [-0.25, -0.2) is 4.79 Å². The highest BCUT2D eigenvalue weighted by Crippen LogP contribution is 2.22. The lowest BCUT2D eigenvalue weighted by Gasteiger charge is -2.15. The molecule has 0 unspecified atom stereocenters. The van der Waals surface area contributed by atoms with Crippen LogP contribution in [0, 0.1) is 0 Å². The number of carbonyl (C=O) groups excluding carboxylic acids is 1. The molecule has 0 saturated heterocycles. The molecule has 0 spiro atoms. The van der Waals surface area contributed by atoms with E-state index in [1.165, 1.54) is 24.4 Å². The highest BCUT2D eigenvalue weighted by Gasteiger charge is 2.29. The zero-order chi connectivity index (χ0) is 19.3. The fourth-order valence-corrected chi connectivity index (χ4v) is 2.06. The van der Waals surface area contributed by atoms with Crippen molar-refractivity contribution in [3.05, 3.63) is 47.8 Å². The monoisotopic (exact) mass is 359 g/mol. The fourth-order valence-electron chi connectivity index (χ4n) is 2.06. The molecule has 0 aliphatic carbocycles. The molecule has 0 aliphatic rings. The molecule has 2 atom stereocenters. The average Bonchev–Trinajstić information content (AvgIpc) is 3.03. The maximum atomic E-state index is 12.5. The molecule has 0 fully saturated rings. The van der Waals surface area contributed by atoms with Crippen LogP contribution in [-0.4, -0.2) is 40.2 Å². The van der Waals surface area contributed by atoms with Gasteiger partial charge >= 0.3 is 12.1 Å². The van der Waals surface area contributed by atoms with Gasteiger partial charge in [0, 0.05) is 14.0 Å². The van der Waals surface area contributed by atoms with Gasteiger partial charge in [-0.2, -0.15) is 18.3 Å². The lowest BCUT2D eigenvalue weighted by Crippen LogP contribution is -2.24. The van der Waals surface area contributed by atoms with Crippen molar-refractivity contribution in [2.24, 2.45) is 0 Å². The Kier molecular flexibility index (Phi) is 5.54. The summed E-state index contributed by atoms with van der Waals surface area (Å²) in [5, 5.41) is 13.4. The number of aromatic nitrogens is 2. The van der Waals surface area contributed by atoms with Gasteiger partial charge in [-0.05, 0) is 17.7 Å².